The summed E-state index contributed by atoms with van der Waals surface area (Å²) in [6.45, 7) is 7.49. The third-order valence-electron chi connectivity index (χ3n) is 6.25. The third-order valence-corrected chi connectivity index (χ3v) is 6.25. The van der Waals surface area contributed by atoms with Crippen LogP contribution in [-0.4, -0.2) is 29.1 Å². The second kappa shape index (κ2) is 7.91. The van der Waals surface area contributed by atoms with E-state index in [1.165, 1.54) is 18.2 Å². The molecule has 0 aromatic heterocycles. The Balaban J connectivity index is 1.40. The van der Waals surface area contributed by atoms with E-state index in [-0.39, 0.29) is 28.9 Å². The highest BCUT2D eigenvalue weighted by atomic mass is 16.5. The first-order valence-electron chi connectivity index (χ1n) is 11.3. The number of rotatable bonds is 3. The molecule has 35 heavy (non-hydrogen) atoms. The summed E-state index contributed by atoms with van der Waals surface area (Å²) in [6.07, 6.45) is 0.245. The molecule has 0 aliphatic carbocycles. The van der Waals surface area contributed by atoms with Gasteiger partial charge in [0.25, 0.3) is 17.7 Å². The number of anilines is 2. The number of nitrogens with zero attached hydrogens (tertiary/aromatic N) is 1. The van der Waals surface area contributed by atoms with Crippen LogP contribution in [-0.2, 0) is 0 Å². The van der Waals surface area contributed by atoms with Gasteiger partial charge in [0.15, 0.2) is 5.78 Å². The predicted octanol–water partition coefficient (Wildman–Crippen LogP) is 5.10. The van der Waals surface area contributed by atoms with Crippen LogP contribution in [0.3, 0.4) is 0 Å². The number of hydrogen-bond donors (Lipinski definition) is 1. The Morgan fingerprint density at radius 3 is 2.37 bits per heavy atom. The van der Waals surface area contributed by atoms with Gasteiger partial charge in [-0.2, -0.15) is 0 Å². The van der Waals surface area contributed by atoms with Crippen LogP contribution < -0.4 is 15.0 Å². The van der Waals surface area contributed by atoms with Gasteiger partial charge >= 0.3 is 0 Å². The Morgan fingerprint density at radius 1 is 0.886 bits per heavy atom. The lowest BCUT2D eigenvalue weighted by atomic mass is 9.93. The van der Waals surface area contributed by atoms with Gasteiger partial charge in [-0.15, -0.1) is 0 Å². The molecule has 0 bridgehead atoms. The molecule has 2 aliphatic heterocycles. The molecular weight excluding hydrogens is 444 g/mol. The number of Topliss-reactive ketones (excluding diaryl/α,β-unsaturated/α-hetero) is 1. The average molecular weight is 469 g/mol. The van der Waals surface area contributed by atoms with E-state index < -0.39 is 23.3 Å². The van der Waals surface area contributed by atoms with Gasteiger partial charge in [0.1, 0.15) is 11.4 Å². The van der Waals surface area contributed by atoms with Crippen molar-refractivity contribution in [3.05, 3.63) is 88.0 Å². The van der Waals surface area contributed by atoms with Gasteiger partial charge in [0.05, 0.1) is 28.8 Å². The number of nitrogens with one attached hydrogen (secondary N) is 1. The fourth-order valence-corrected chi connectivity index (χ4v) is 4.59. The second-order valence-corrected chi connectivity index (χ2v) is 9.62. The van der Waals surface area contributed by atoms with Crippen LogP contribution in [0.25, 0.3) is 0 Å². The predicted molar refractivity (Wildman–Crippen MR) is 132 cm³/mol. The minimum Gasteiger partial charge on any atom is -0.487 e. The quantitative estimate of drug-likeness (QED) is 0.540. The Morgan fingerprint density at radius 2 is 1.63 bits per heavy atom. The number of fused-ring (bicyclic) bond motifs is 2. The number of imide groups is 1. The smallest absolute Gasteiger partial charge is 0.266 e. The van der Waals surface area contributed by atoms with Crippen molar-refractivity contribution in [1.82, 2.24) is 0 Å². The maximum atomic E-state index is 13.1. The van der Waals surface area contributed by atoms with E-state index in [9.17, 15) is 19.2 Å². The fraction of sp³-hybridized carbons (Fsp3) is 0.214. The molecule has 1 N–H and O–H groups in total. The van der Waals surface area contributed by atoms with Crippen molar-refractivity contribution in [3.8, 4) is 5.75 Å². The number of ketones is 1. The molecule has 0 unspecified atom stereocenters. The zero-order valence-electron chi connectivity index (χ0n) is 19.9. The average Bonchev–Trinajstić information content (AvgIpc) is 3.03. The van der Waals surface area contributed by atoms with Gasteiger partial charge in [-0.1, -0.05) is 17.7 Å². The Labute approximate surface area is 202 Å². The molecule has 2 aliphatic rings. The summed E-state index contributed by atoms with van der Waals surface area (Å²) >= 11 is 0. The topological polar surface area (TPSA) is 92.8 Å². The fourth-order valence-electron chi connectivity index (χ4n) is 4.59. The van der Waals surface area contributed by atoms with Crippen molar-refractivity contribution in [1.29, 1.82) is 0 Å². The molecular formula is C28H24N2O5. The summed E-state index contributed by atoms with van der Waals surface area (Å²) in [7, 11) is 0. The lowest BCUT2D eigenvalue weighted by Crippen LogP contribution is -2.35. The zero-order chi connectivity index (χ0) is 25.1. The van der Waals surface area contributed by atoms with E-state index in [2.05, 4.69) is 5.32 Å². The van der Waals surface area contributed by atoms with Crippen LogP contribution in [0.2, 0.25) is 0 Å². The highest BCUT2D eigenvalue weighted by molar-refractivity contribution is 6.35. The van der Waals surface area contributed by atoms with E-state index in [4.69, 9.17) is 4.74 Å². The number of ether oxygens (including phenoxy) is 1. The van der Waals surface area contributed by atoms with Crippen LogP contribution in [0.15, 0.2) is 54.6 Å². The molecule has 7 heteroatoms. The molecule has 0 saturated heterocycles. The first-order valence-corrected chi connectivity index (χ1v) is 11.3. The molecule has 0 saturated carbocycles. The molecule has 0 atom stereocenters. The summed E-state index contributed by atoms with van der Waals surface area (Å²) in [5.74, 6) is -0.911. The lowest BCUT2D eigenvalue weighted by Gasteiger charge is -2.31. The normalized spacial score (nSPS) is 16.0. The van der Waals surface area contributed by atoms with Crippen molar-refractivity contribution in [3.63, 3.8) is 0 Å². The van der Waals surface area contributed by atoms with Crippen molar-refractivity contribution < 1.29 is 23.9 Å². The number of aryl methyl sites for hydroxylation is 2. The van der Waals surface area contributed by atoms with Crippen LogP contribution in [0.1, 0.15) is 72.8 Å². The summed E-state index contributed by atoms with van der Waals surface area (Å²) in [5.41, 5.74) is 3.31. The lowest BCUT2D eigenvalue weighted by molar-refractivity contribution is 0.0619. The van der Waals surface area contributed by atoms with Crippen molar-refractivity contribution in [2.75, 3.05) is 10.2 Å². The van der Waals surface area contributed by atoms with E-state index in [1.807, 2.05) is 39.8 Å². The van der Waals surface area contributed by atoms with Gasteiger partial charge in [-0.3, -0.25) is 19.2 Å². The second-order valence-electron chi connectivity index (χ2n) is 9.62. The standard InChI is InChI=1S/C28H24N2O5/c1-15-5-9-22(16(2)11-15)30-26(33)19-8-6-17(12-20(19)27(30)34)25(32)29-18-7-10-24-21(13-18)23(31)14-28(3,4)35-24/h5-13H,14H2,1-4H3,(H,29,32). The SMILES string of the molecule is Cc1ccc(N2C(=O)c3ccc(C(=O)Nc4ccc5c(c4)C(=O)CC(C)(C)O5)cc3C2=O)c(C)c1. The van der Waals surface area contributed by atoms with Gasteiger partial charge in [0.2, 0.25) is 0 Å². The van der Waals surface area contributed by atoms with E-state index in [1.54, 1.807) is 24.3 Å². The first-order chi connectivity index (χ1) is 16.5. The minimum atomic E-state index is -0.575. The molecule has 2 heterocycles. The summed E-state index contributed by atoms with van der Waals surface area (Å²) < 4.78 is 5.86. The maximum absolute atomic E-state index is 13.1. The Kier molecular flexibility index (Phi) is 5.09. The Hall–Kier alpha value is -4.26. The van der Waals surface area contributed by atoms with Crippen LogP contribution >= 0.6 is 0 Å². The summed E-state index contributed by atoms with van der Waals surface area (Å²) in [5, 5.41) is 2.77. The third kappa shape index (κ3) is 3.89. The molecule has 0 fully saturated rings. The number of carbonyl (C=O) groups is 4. The number of carbonyl (C=O) groups excluding carboxylic acids is 4. The van der Waals surface area contributed by atoms with E-state index in [0.717, 1.165) is 16.0 Å². The highest BCUT2D eigenvalue weighted by Crippen LogP contribution is 2.35. The van der Waals surface area contributed by atoms with Gasteiger partial charge in [-0.25, -0.2) is 4.90 Å². The molecule has 3 amide bonds. The van der Waals surface area contributed by atoms with E-state index in [0.29, 0.717) is 22.7 Å². The van der Waals surface area contributed by atoms with Crippen LogP contribution in [0.4, 0.5) is 11.4 Å². The molecule has 3 aromatic rings. The number of benzene rings is 3. The van der Waals surface area contributed by atoms with Crippen molar-refractivity contribution in [2.45, 2.75) is 39.7 Å². The van der Waals surface area contributed by atoms with Crippen LogP contribution in [0.5, 0.6) is 5.75 Å². The van der Waals surface area contributed by atoms with Crippen LogP contribution in [0, 0.1) is 13.8 Å². The molecule has 0 radical (unpaired) electrons. The van der Waals surface area contributed by atoms with E-state index >= 15 is 0 Å². The highest BCUT2D eigenvalue weighted by Gasteiger charge is 2.38. The largest absolute Gasteiger partial charge is 0.487 e. The van der Waals surface area contributed by atoms with Crippen molar-refractivity contribution in [2.24, 2.45) is 0 Å². The molecule has 0 spiro atoms. The van der Waals surface area contributed by atoms with Gasteiger partial charge in [0, 0.05) is 11.3 Å². The number of amides is 3. The monoisotopic (exact) mass is 468 g/mol. The number of hydrogen-bond acceptors (Lipinski definition) is 5. The Bertz CT molecular complexity index is 1450. The van der Waals surface area contributed by atoms with Gasteiger partial charge < -0.3 is 10.1 Å². The maximum Gasteiger partial charge on any atom is 0.266 e. The summed E-state index contributed by atoms with van der Waals surface area (Å²) in [4.78, 5) is 52.8. The van der Waals surface area contributed by atoms with Crippen molar-refractivity contribution >= 4 is 34.9 Å². The molecule has 7 nitrogen and oxygen atoms in total. The minimum absolute atomic E-state index is 0.0551. The molecule has 176 valence electrons. The summed E-state index contributed by atoms with van der Waals surface area (Å²) in [6, 6.07) is 14.9. The molecule has 5 rings (SSSR count). The van der Waals surface area contributed by atoms with Gasteiger partial charge in [-0.05, 0) is 75.7 Å². The first kappa shape index (κ1) is 22.5. The zero-order valence-corrected chi connectivity index (χ0v) is 19.9. The molecule has 3 aromatic carbocycles.